The minimum atomic E-state index is -4.14. The van der Waals surface area contributed by atoms with Gasteiger partial charge in [-0.15, -0.1) is 0 Å². The van der Waals surface area contributed by atoms with Crippen molar-refractivity contribution < 1.29 is 21.9 Å². The number of piperidine rings is 1. The highest BCUT2D eigenvalue weighted by Crippen LogP contribution is 2.52. The van der Waals surface area contributed by atoms with Gasteiger partial charge in [-0.25, -0.2) is 17.2 Å². The molecule has 1 N–H and O–H groups in total. The first-order valence-corrected chi connectivity index (χ1v) is 10.6. The third-order valence-electron chi connectivity index (χ3n) is 5.23. The Bertz CT molecular complexity index is 1010. The van der Waals surface area contributed by atoms with Gasteiger partial charge in [0.15, 0.2) is 27.2 Å². The van der Waals surface area contributed by atoms with E-state index in [4.69, 9.17) is 27.9 Å². The van der Waals surface area contributed by atoms with Gasteiger partial charge in [0, 0.05) is 5.02 Å². The van der Waals surface area contributed by atoms with Crippen molar-refractivity contribution in [2.75, 3.05) is 13.2 Å². The fourth-order valence-corrected chi connectivity index (χ4v) is 6.62. The summed E-state index contributed by atoms with van der Waals surface area (Å²) < 4.78 is 60.7. The Balaban J connectivity index is 2.05. The van der Waals surface area contributed by atoms with E-state index in [1.807, 2.05) is 0 Å². The lowest BCUT2D eigenvalue weighted by molar-refractivity contribution is 0.157. The zero-order valence-corrected chi connectivity index (χ0v) is 16.3. The molecular weight excluding hydrogens is 419 g/mol. The average molecular weight is 434 g/mol. The van der Waals surface area contributed by atoms with Crippen LogP contribution in [0.25, 0.3) is 0 Å². The Morgan fingerprint density at radius 2 is 1.89 bits per heavy atom. The molecule has 2 aliphatic heterocycles. The summed E-state index contributed by atoms with van der Waals surface area (Å²) in [5.74, 6) is -2.25. The van der Waals surface area contributed by atoms with Gasteiger partial charge in [0.1, 0.15) is 11.4 Å². The van der Waals surface area contributed by atoms with Crippen LogP contribution in [0, 0.1) is 11.6 Å². The van der Waals surface area contributed by atoms with Crippen LogP contribution in [0.1, 0.15) is 18.4 Å². The molecule has 9 heteroatoms. The van der Waals surface area contributed by atoms with Crippen LogP contribution >= 0.6 is 23.2 Å². The van der Waals surface area contributed by atoms with Gasteiger partial charge < -0.3 is 10.1 Å². The Kier molecular flexibility index (Phi) is 4.62. The number of hydrogen-bond acceptors (Lipinski definition) is 4. The molecule has 2 aromatic carbocycles. The summed E-state index contributed by atoms with van der Waals surface area (Å²) in [6, 6.07) is 5.69. The lowest BCUT2D eigenvalue weighted by Gasteiger charge is -2.47. The molecule has 4 nitrogen and oxygen atoms in total. The summed E-state index contributed by atoms with van der Waals surface area (Å²) >= 11 is 11.7. The van der Waals surface area contributed by atoms with Crippen molar-refractivity contribution in [3.05, 3.63) is 57.6 Å². The molecule has 0 unspecified atom stereocenters. The number of hydrogen-bond donors (Lipinski definition) is 1. The summed E-state index contributed by atoms with van der Waals surface area (Å²) in [6.45, 7) is 0.448. The molecule has 1 saturated heterocycles. The molecule has 144 valence electrons. The van der Waals surface area contributed by atoms with E-state index in [0.29, 0.717) is 18.0 Å². The van der Waals surface area contributed by atoms with Gasteiger partial charge in [-0.2, -0.15) is 0 Å². The minimum Gasteiger partial charge on any atom is -0.488 e. The van der Waals surface area contributed by atoms with Crippen molar-refractivity contribution in [1.82, 2.24) is 5.32 Å². The number of benzene rings is 2. The largest absolute Gasteiger partial charge is 0.488 e. The number of fused-ring (bicyclic) bond motifs is 3. The lowest BCUT2D eigenvalue weighted by Crippen LogP contribution is -2.61. The molecule has 1 fully saturated rings. The van der Waals surface area contributed by atoms with Crippen LogP contribution in [-0.2, 0) is 14.6 Å². The topological polar surface area (TPSA) is 55.4 Å². The molecule has 0 amide bonds. The molecule has 0 saturated carbocycles. The Morgan fingerprint density at radius 3 is 2.59 bits per heavy atom. The SMILES string of the molecule is O=S(=O)(c1ccc(Cl)cc1)[C@]12CCCN[C@@H]1COc1c(F)cc(Cl)c(F)c12. The first-order valence-electron chi connectivity index (χ1n) is 8.33. The van der Waals surface area contributed by atoms with Gasteiger partial charge in [-0.3, -0.25) is 0 Å². The maximum atomic E-state index is 15.1. The lowest BCUT2D eigenvalue weighted by atomic mass is 9.81. The third kappa shape index (κ3) is 2.67. The van der Waals surface area contributed by atoms with E-state index in [-0.39, 0.29) is 23.5 Å². The standard InChI is InChI=1S/C18H15Cl2F2NO3S/c19-10-2-4-11(5-3-10)27(24,25)18-6-1-7-23-14(18)9-26-17-13(21)8-12(20)16(22)15(17)18/h2-5,8,14,23H,1,6-7,9H2/t14-,18-/m1/s1. The molecule has 0 bridgehead atoms. The van der Waals surface area contributed by atoms with E-state index >= 15 is 4.39 Å². The quantitative estimate of drug-likeness (QED) is 0.724. The fourth-order valence-electron chi connectivity index (χ4n) is 4.00. The van der Waals surface area contributed by atoms with Gasteiger partial charge >= 0.3 is 0 Å². The zero-order chi connectivity index (χ0) is 19.4. The molecule has 2 heterocycles. The molecule has 0 aliphatic carbocycles. The first-order chi connectivity index (χ1) is 12.8. The summed E-state index contributed by atoms with van der Waals surface area (Å²) in [7, 11) is -4.14. The van der Waals surface area contributed by atoms with Crippen LogP contribution < -0.4 is 10.1 Å². The van der Waals surface area contributed by atoms with Crippen LogP contribution in [0.15, 0.2) is 35.2 Å². The van der Waals surface area contributed by atoms with Gasteiger partial charge in [0.2, 0.25) is 0 Å². The highest BCUT2D eigenvalue weighted by Gasteiger charge is 2.59. The van der Waals surface area contributed by atoms with Gasteiger partial charge in [0.25, 0.3) is 0 Å². The molecular formula is C18H15Cl2F2NO3S. The monoisotopic (exact) mass is 433 g/mol. The van der Waals surface area contributed by atoms with Crippen LogP contribution in [0.5, 0.6) is 5.75 Å². The number of rotatable bonds is 2. The predicted molar refractivity (Wildman–Crippen MR) is 98.2 cm³/mol. The summed E-state index contributed by atoms with van der Waals surface area (Å²) in [5, 5.41) is 2.99. The highest BCUT2D eigenvalue weighted by atomic mass is 35.5. The molecule has 0 aromatic heterocycles. The number of halogens is 4. The number of sulfone groups is 1. The van der Waals surface area contributed by atoms with Crippen molar-refractivity contribution in [1.29, 1.82) is 0 Å². The fraction of sp³-hybridized carbons (Fsp3) is 0.333. The van der Waals surface area contributed by atoms with E-state index in [1.165, 1.54) is 24.3 Å². The molecule has 4 rings (SSSR count). The number of nitrogens with one attached hydrogen (secondary N) is 1. The minimum absolute atomic E-state index is 0.0202. The summed E-state index contributed by atoms with van der Waals surface area (Å²) in [4.78, 5) is -0.0202. The van der Waals surface area contributed by atoms with Crippen LogP contribution in [0.2, 0.25) is 10.0 Å². The van der Waals surface area contributed by atoms with Crippen LogP contribution in [0.4, 0.5) is 8.78 Å². The number of ether oxygens (including phenoxy) is 1. The third-order valence-corrected chi connectivity index (χ3v) is 8.30. The first kappa shape index (κ1) is 18.9. The van der Waals surface area contributed by atoms with E-state index in [9.17, 15) is 12.8 Å². The van der Waals surface area contributed by atoms with E-state index < -0.39 is 43.0 Å². The Labute approximate surface area is 165 Å². The van der Waals surface area contributed by atoms with Crippen molar-refractivity contribution in [3.8, 4) is 5.75 Å². The summed E-state index contributed by atoms with van der Waals surface area (Å²) in [6.07, 6.45) is 0.582. The second kappa shape index (κ2) is 6.58. The van der Waals surface area contributed by atoms with Crippen molar-refractivity contribution in [2.24, 2.45) is 0 Å². The van der Waals surface area contributed by atoms with Crippen molar-refractivity contribution in [2.45, 2.75) is 28.5 Å². The molecule has 2 aromatic rings. The maximum Gasteiger partial charge on any atom is 0.190 e. The van der Waals surface area contributed by atoms with Crippen molar-refractivity contribution >= 4 is 33.0 Å². The van der Waals surface area contributed by atoms with Gasteiger partial charge in [-0.05, 0) is 49.7 Å². The highest BCUT2D eigenvalue weighted by molar-refractivity contribution is 7.92. The van der Waals surface area contributed by atoms with E-state index in [1.54, 1.807) is 0 Å². The second-order valence-corrected chi connectivity index (χ2v) is 9.68. The zero-order valence-electron chi connectivity index (χ0n) is 13.9. The maximum absolute atomic E-state index is 15.1. The molecule has 0 spiro atoms. The Morgan fingerprint density at radius 1 is 1.19 bits per heavy atom. The van der Waals surface area contributed by atoms with E-state index in [0.717, 1.165) is 6.07 Å². The van der Waals surface area contributed by atoms with Gasteiger partial charge in [0.05, 0.1) is 21.5 Å². The molecule has 2 aliphatic rings. The second-order valence-electron chi connectivity index (χ2n) is 6.63. The molecule has 2 atom stereocenters. The summed E-state index contributed by atoms with van der Waals surface area (Å²) in [5.41, 5.74) is -0.342. The smallest absolute Gasteiger partial charge is 0.190 e. The van der Waals surface area contributed by atoms with Crippen LogP contribution in [-0.4, -0.2) is 27.6 Å². The molecule has 27 heavy (non-hydrogen) atoms. The van der Waals surface area contributed by atoms with E-state index in [2.05, 4.69) is 5.32 Å². The van der Waals surface area contributed by atoms with Crippen LogP contribution in [0.3, 0.4) is 0 Å². The predicted octanol–water partition coefficient (Wildman–Crippen LogP) is 4.09. The Hall–Kier alpha value is -1.41. The average Bonchev–Trinajstić information content (AvgIpc) is 2.65. The molecule has 0 radical (unpaired) electrons. The normalized spacial score (nSPS) is 24.7. The van der Waals surface area contributed by atoms with Crippen molar-refractivity contribution in [3.63, 3.8) is 0 Å². The van der Waals surface area contributed by atoms with Gasteiger partial charge in [-0.1, -0.05) is 23.2 Å².